The van der Waals surface area contributed by atoms with Crippen molar-refractivity contribution in [1.29, 1.82) is 0 Å². The van der Waals surface area contributed by atoms with E-state index in [9.17, 15) is 0 Å². The molecule has 4 aromatic heterocycles. The molecule has 9 aromatic carbocycles. The highest BCUT2D eigenvalue weighted by Gasteiger charge is 2.21. The number of para-hydroxylation sites is 3. The van der Waals surface area contributed by atoms with Crippen molar-refractivity contribution in [2.75, 3.05) is 0 Å². The first-order valence-corrected chi connectivity index (χ1v) is 23.8. The van der Waals surface area contributed by atoms with E-state index in [-0.39, 0.29) is 0 Å². The van der Waals surface area contributed by atoms with Crippen LogP contribution in [0.2, 0.25) is 0 Å². The first kappa shape index (κ1) is 42.2. The number of rotatable bonds is 8. The molecule has 0 aliphatic rings. The van der Waals surface area contributed by atoms with Crippen molar-refractivity contribution in [2.24, 2.45) is 0 Å². The molecule has 70 heavy (non-hydrogen) atoms. The summed E-state index contributed by atoms with van der Waals surface area (Å²) >= 11 is 0. The van der Waals surface area contributed by atoms with Crippen molar-refractivity contribution in [3.63, 3.8) is 0 Å². The van der Waals surface area contributed by atoms with Crippen molar-refractivity contribution in [1.82, 2.24) is 19.5 Å². The molecule has 0 aliphatic carbocycles. The van der Waals surface area contributed by atoms with E-state index in [0.717, 1.165) is 121 Å². The number of allylic oxidation sites excluding steroid dienone is 1. The van der Waals surface area contributed by atoms with Gasteiger partial charge in [-0.3, -0.25) is 0 Å². The molecule has 6 nitrogen and oxygen atoms in total. The molecule has 0 radical (unpaired) electrons. The number of hydrogen-bond donors (Lipinski definition) is 0. The van der Waals surface area contributed by atoms with Crippen LogP contribution in [0.1, 0.15) is 31.9 Å². The van der Waals surface area contributed by atoms with Crippen LogP contribution in [-0.4, -0.2) is 19.5 Å². The van der Waals surface area contributed by atoms with Crippen molar-refractivity contribution in [3.8, 4) is 62.1 Å². The Morgan fingerprint density at radius 3 is 1.63 bits per heavy atom. The summed E-state index contributed by atoms with van der Waals surface area (Å²) < 4.78 is 15.0. The molecule has 6 heteroatoms. The van der Waals surface area contributed by atoms with Gasteiger partial charge >= 0.3 is 0 Å². The summed E-state index contributed by atoms with van der Waals surface area (Å²) in [5, 5.41) is 6.67. The van der Waals surface area contributed by atoms with Crippen LogP contribution in [0.25, 0.3) is 140 Å². The standard InChI is InChI=1S/C62H40N4O2.C2H6/c1-3-14-38-29-34-53-58(46(38)4-2)52-22-13-21-47(43-18-12-17-41(35-43)42-27-32-50-48-19-8-10-23-54(48)67-56(50)36-42)59(52)66(53)45-30-25-40(26-31-45)61-63-60(39-15-6-5-7-16-39)64-62(65-61)44-28-33-51-49-20-9-11-24-55(49)68-57(51)37-44;1-2/h3-37H,2H2,1H3;1-2H3/b14-3-;. The third-order valence-electron chi connectivity index (χ3n) is 13.2. The predicted molar refractivity (Wildman–Crippen MR) is 292 cm³/mol. The molecule has 0 amide bonds. The SMILES string of the molecule is C=Cc1c(/C=C\C)ccc2c1c1cccc(-c3cccc(-c4ccc5c(c4)oc4ccccc45)c3)c1n2-c1ccc(-c2nc(-c3ccccc3)nc(-c3ccc4c(c3)oc3ccccc34)n2)cc1.CC. The largest absolute Gasteiger partial charge is 0.456 e. The summed E-state index contributed by atoms with van der Waals surface area (Å²) in [7, 11) is 0. The van der Waals surface area contributed by atoms with Gasteiger partial charge < -0.3 is 13.4 Å². The molecular weight excluding hydrogens is 857 g/mol. The van der Waals surface area contributed by atoms with E-state index < -0.39 is 0 Å². The maximum atomic E-state index is 6.32. The fourth-order valence-corrected chi connectivity index (χ4v) is 9.99. The lowest BCUT2D eigenvalue weighted by molar-refractivity contribution is 0.668. The Morgan fingerprint density at radius 1 is 0.443 bits per heavy atom. The molecule has 0 aliphatic heterocycles. The smallest absolute Gasteiger partial charge is 0.164 e. The van der Waals surface area contributed by atoms with Gasteiger partial charge in [0.25, 0.3) is 0 Å². The van der Waals surface area contributed by atoms with Crippen molar-refractivity contribution in [2.45, 2.75) is 20.8 Å². The average Bonchev–Trinajstić information content (AvgIpc) is 4.11. The van der Waals surface area contributed by atoms with Crippen molar-refractivity contribution < 1.29 is 8.83 Å². The van der Waals surface area contributed by atoms with Gasteiger partial charge in [-0.1, -0.05) is 160 Å². The van der Waals surface area contributed by atoms with Crippen molar-refractivity contribution >= 4 is 77.8 Å². The maximum absolute atomic E-state index is 6.32. The lowest BCUT2D eigenvalue weighted by Gasteiger charge is -2.14. The molecule has 13 rings (SSSR count). The van der Waals surface area contributed by atoms with E-state index >= 15 is 0 Å². The Bertz CT molecular complexity index is 4170. The summed E-state index contributed by atoms with van der Waals surface area (Å²) in [6, 6.07) is 67.5. The van der Waals surface area contributed by atoms with Crippen LogP contribution in [-0.2, 0) is 0 Å². The van der Waals surface area contributed by atoms with Gasteiger partial charge in [0.2, 0.25) is 0 Å². The van der Waals surface area contributed by atoms with Crippen LogP contribution < -0.4 is 0 Å². The number of benzene rings is 9. The third-order valence-corrected chi connectivity index (χ3v) is 13.2. The van der Waals surface area contributed by atoms with Crippen molar-refractivity contribution in [3.05, 3.63) is 218 Å². The zero-order valence-corrected chi connectivity index (χ0v) is 39.0. The second kappa shape index (κ2) is 17.5. The summed E-state index contributed by atoms with van der Waals surface area (Å²) in [5.41, 5.74) is 15.9. The summed E-state index contributed by atoms with van der Waals surface area (Å²) in [6.45, 7) is 10.4. The fraction of sp³-hybridized carbons (Fsp3) is 0.0469. The number of nitrogens with zero attached hydrogens (tertiary/aromatic N) is 4. The molecule has 4 heterocycles. The zero-order valence-electron chi connectivity index (χ0n) is 39.0. The Balaban J connectivity index is 0.00000249. The first-order valence-electron chi connectivity index (χ1n) is 23.8. The second-order valence-corrected chi connectivity index (χ2v) is 17.1. The number of aromatic nitrogens is 4. The molecular formula is C64H46N4O2. The highest BCUT2D eigenvalue weighted by Crippen LogP contribution is 2.43. The Labute approximate surface area is 405 Å². The molecule has 0 spiro atoms. The monoisotopic (exact) mass is 902 g/mol. The van der Waals surface area contributed by atoms with Crippen LogP contribution in [0.3, 0.4) is 0 Å². The zero-order chi connectivity index (χ0) is 47.3. The number of hydrogen-bond acceptors (Lipinski definition) is 5. The van der Waals surface area contributed by atoms with E-state index in [1.807, 2.05) is 86.7 Å². The predicted octanol–water partition coefficient (Wildman–Crippen LogP) is 17.8. The lowest BCUT2D eigenvalue weighted by Crippen LogP contribution is -2.01. The van der Waals surface area contributed by atoms with Gasteiger partial charge in [-0.15, -0.1) is 0 Å². The molecule has 334 valence electrons. The van der Waals surface area contributed by atoms with E-state index in [1.165, 1.54) is 0 Å². The van der Waals surface area contributed by atoms with E-state index in [0.29, 0.717) is 17.5 Å². The van der Waals surface area contributed by atoms with Crippen LogP contribution in [0, 0.1) is 0 Å². The molecule has 0 atom stereocenters. The third kappa shape index (κ3) is 7.08. The van der Waals surface area contributed by atoms with E-state index in [2.05, 4.69) is 158 Å². The Hall–Kier alpha value is -9.13. The van der Waals surface area contributed by atoms with Gasteiger partial charge in [-0.05, 0) is 108 Å². The van der Waals surface area contributed by atoms with Gasteiger partial charge in [-0.25, -0.2) is 15.0 Å². The van der Waals surface area contributed by atoms with E-state index in [1.54, 1.807) is 0 Å². The summed E-state index contributed by atoms with van der Waals surface area (Å²) in [4.78, 5) is 15.2. The van der Waals surface area contributed by atoms with Gasteiger partial charge in [0, 0.05) is 60.3 Å². The summed E-state index contributed by atoms with van der Waals surface area (Å²) in [5.74, 6) is 1.75. The van der Waals surface area contributed by atoms with Crippen LogP contribution >= 0.6 is 0 Å². The lowest BCUT2D eigenvalue weighted by atomic mass is 9.95. The minimum absolute atomic E-state index is 0.570. The number of fused-ring (bicyclic) bond motifs is 9. The quantitative estimate of drug-likeness (QED) is 0.152. The minimum atomic E-state index is 0.570. The van der Waals surface area contributed by atoms with Crippen LogP contribution in [0.4, 0.5) is 0 Å². The maximum Gasteiger partial charge on any atom is 0.164 e. The van der Waals surface area contributed by atoms with Gasteiger partial charge in [0.1, 0.15) is 22.3 Å². The van der Waals surface area contributed by atoms with Gasteiger partial charge in [0.05, 0.1) is 11.0 Å². The molecule has 13 aromatic rings. The Kier molecular flexibility index (Phi) is 10.6. The first-order chi connectivity index (χ1) is 34.6. The number of furan rings is 2. The average molecular weight is 903 g/mol. The molecule has 0 bridgehead atoms. The van der Waals surface area contributed by atoms with Gasteiger partial charge in [0.15, 0.2) is 17.5 Å². The topological polar surface area (TPSA) is 69.9 Å². The highest BCUT2D eigenvalue weighted by molar-refractivity contribution is 6.17. The van der Waals surface area contributed by atoms with Crippen LogP contribution in [0.15, 0.2) is 216 Å². The molecule has 0 unspecified atom stereocenters. The minimum Gasteiger partial charge on any atom is -0.456 e. The summed E-state index contributed by atoms with van der Waals surface area (Å²) in [6.07, 6.45) is 6.22. The molecule has 0 saturated heterocycles. The molecule has 0 saturated carbocycles. The Morgan fingerprint density at radius 2 is 0.957 bits per heavy atom. The van der Waals surface area contributed by atoms with Crippen LogP contribution in [0.5, 0.6) is 0 Å². The normalized spacial score (nSPS) is 11.6. The second-order valence-electron chi connectivity index (χ2n) is 17.1. The molecule has 0 fully saturated rings. The highest BCUT2D eigenvalue weighted by atomic mass is 16.3. The fourth-order valence-electron chi connectivity index (χ4n) is 9.99. The molecule has 0 N–H and O–H groups in total. The van der Waals surface area contributed by atoms with E-state index in [4.69, 9.17) is 23.8 Å². The van der Waals surface area contributed by atoms with Gasteiger partial charge in [-0.2, -0.15) is 0 Å².